The van der Waals surface area contributed by atoms with Gasteiger partial charge in [0.15, 0.2) is 0 Å². The minimum absolute atomic E-state index is 0.186. The average molecular weight is 343 g/mol. The first-order chi connectivity index (χ1) is 12.1. The van der Waals surface area contributed by atoms with Gasteiger partial charge < -0.3 is 20.3 Å². The van der Waals surface area contributed by atoms with E-state index in [0.717, 1.165) is 24.3 Å². The Kier molecular flexibility index (Phi) is 7.16. The van der Waals surface area contributed by atoms with Crippen molar-refractivity contribution in [3.05, 3.63) is 47.8 Å². The molecule has 0 aliphatic heterocycles. The Bertz CT molecular complexity index is 673. The van der Waals surface area contributed by atoms with E-state index < -0.39 is 0 Å². The van der Waals surface area contributed by atoms with Gasteiger partial charge in [0, 0.05) is 19.3 Å². The molecule has 1 aromatic carbocycles. The number of ether oxygens (including phenoxy) is 1. The third kappa shape index (κ3) is 6.39. The average Bonchev–Trinajstić information content (AvgIpc) is 2.64. The van der Waals surface area contributed by atoms with Gasteiger partial charge >= 0.3 is 0 Å². The van der Waals surface area contributed by atoms with Crippen molar-refractivity contribution >= 4 is 11.9 Å². The summed E-state index contributed by atoms with van der Waals surface area (Å²) in [6, 6.07) is 9.34. The van der Waals surface area contributed by atoms with Crippen molar-refractivity contribution in [3.8, 4) is 5.75 Å². The molecule has 2 rings (SSSR count). The molecule has 2 N–H and O–H groups in total. The van der Waals surface area contributed by atoms with Crippen LogP contribution in [0.3, 0.4) is 0 Å². The Morgan fingerprint density at radius 1 is 1.20 bits per heavy atom. The van der Waals surface area contributed by atoms with Gasteiger partial charge in [-0.1, -0.05) is 12.1 Å². The fraction of sp³-hybridized carbons (Fsp3) is 0.389. The number of carbonyl (C=O) groups is 1. The van der Waals surface area contributed by atoms with Crippen molar-refractivity contribution in [2.75, 3.05) is 39.6 Å². The molecular weight excluding hydrogens is 318 g/mol. The van der Waals surface area contributed by atoms with Gasteiger partial charge in [-0.05, 0) is 50.8 Å². The van der Waals surface area contributed by atoms with Gasteiger partial charge in [-0.25, -0.2) is 9.97 Å². The van der Waals surface area contributed by atoms with Crippen molar-refractivity contribution in [1.29, 1.82) is 0 Å². The Hall–Kier alpha value is -2.67. The third-order valence-corrected chi connectivity index (χ3v) is 3.57. The van der Waals surface area contributed by atoms with Crippen molar-refractivity contribution in [1.82, 2.24) is 20.2 Å². The van der Waals surface area contributed by atoms with Gasteiger partial charge in [0.2, 0.25) is 5.95 Å². The second kappa shape index (κ2) is 9.58. The van der Waals surface area contributed by atoms with Crippen LogP contribution in [0.15, 0.2) is 36.5 Å². The number of rotatable bonds is 9. The molecule has 2 aromatic rings. The lowest BCUT2D eigenvalue weighted by Crippen LogP contribution is -2.28. The van der Waals surface area contributed by atoms with Crippen molar-refractivity contribution in [2.24, 2.45) is 0 Å². The van der Waals surface area contributed by atoms with Crippen LogP contribution in [0.5, 0.6) is 5.75 Å². The number of hydrogen-bond donors (Lipinski definition) is 2. The summed E-state index contributed by atoms with van der Waals surface area (Å²) in [6.07, 6.45) is 2.48. The topological polar surface area (TPSA) is 79.4 Å². The Morgan fingerprint density at radius 3 is 2.64 bits per heavy atom. The van der Waals surface area contributed by atoms with E-state index in [2.05, 4.69) is 25.5 Å². The highest BCUT2D eigenvalue weighted by Gasteiger charge is 2.08. The zero-order valence-electron chi connectivity index (χ0n) is 15.0. The summed E-state index contributed by atoms with van der Waals surface area (Å²) in [5.41, 5.74) is 1.43. The van der Waals surface area contributed by atoms with Crippen molar-refractivity contribution < 1.29 is 9.53 Å². The molecule has 1 amide bonds. The van der Waals surface area contributed by atoms with Crippen LogP contribution in [0.4, 0.5) is 5.95 Å². The number of hydrogen-bond acceptors (Lipinski definition) is 6. The summed E-state index contributed by atoms with van der Waals surface area (Å²) in [6.45, 7) is 2.12. The van der Waals surface area contributed by atoms with Gasteiger partial charge in [0.05, 0.1) is 7.11 Å². The molecule has 134 valence electrons. The van der Waals surface area contributed by atoms with E-state index in [-0.39, 0.29) is 5.91 Å². The summed E-state index contributed by atoms with van der Waals surface area (Å²) in [4.78, 5) is 22.6. The highest BCUT2D eigenvalue weighted by molar-refractivity contribution is 5.92. The molecular formula is C18H25N5O2. The van der Waals surface area contributed by atoms with Crippen LogP contribution >= 0.6 is 0 Å². The van der Waals surface area contributed by atoms with E-state index in [4.69, 9.17) is 4.74 Å². The number of methoxy groups -OCH3 is 1. The molecule has 0 fully saturated rings. The van der Waals surface area contributed by atoms with Crippen LogP contribution in [-0.4, -0.2) is 55.1 Å². The van der Waals surface area contributed by atoms with Crippen LogP contribution in [0.25, 0.3) is 0 Å². The monoisotopic (exact) mass is 343 g/mol. The largest absolute Gasteiger partial charge is 0.497 e. The number of nitrogens with zero attached hydrogens (tertiary/aromatic N) is 3. The summed E-state index contributed by atoms with van der Waals surface area (Å²) in [7, 11) is 5.65. The number of carbonyl (C=O) groups excluding carboxylic acids is 1. The molecule has 1 heterocycles. The number of amides is 1. The van der Waals surface area contributed by atoms with Crippen LogP contribution in [0.2, 0.25) is 0 Å². The third-order valence-electron chi connectivity index (χ3n) is 3.57. The van der Waals surface area contributed by atoms with Crippen LogP contribution in [0.1, 0.15) is 22.5 Å². The molecule has 0 bridgehead atoms. The molecule has 7 heteroatoms. The minimum atomic E-state index is -0.186. The van der Waals surface area contributed by atoms with Crippen LogP contribution in [-0.2, 0) is 6.54 Å². The maximum Gasteiger partial charge on any atom is 0.270 e. The SMILES string of the molecule is COc1ccc(CNc2nccc(C(=O)NCCCN(C)C)n2)cc1. The lowest BCUT2D eigenvalue weighted by atomic mass is 10.2. The van der Waals surface area contributed by atoms with E-state index in [9.17, 15) is 4.79 Å². The minimum Gasteiger partial charge on any atom is -0.497 e. The normalized spacial score (nSPS) is 10.6. The molecule has 0 saturated heterocycles. The second-order valence-electron chi connectivity index (χ2n) is 5.88. The first kappa shape index (κ1) is 18.7. The number of nitrogens with one attached hydrogen (secondary N) is 2. The van der Waals surface area contributed by atoms with Crippen LogP contribution < -0.4 is 15.4 Å². The molecule has 0 atom stereocenters. The van der Waals surface area contributed by atoms with Gasteiger partial charge in [-0.15, -0.1) is 0 Å². The number of benzene rings is 1. The Morgan fingerprint density at radius 2 is 1.96 bits per heavy atom. The first-order valence-corrected chi connectivity index (χ1v) is 8.21. The first-order valence-electron chi connectivity index (χ1n) is 8.21. The maximum absolute atomic E-state index is 12.1. The molecule has 0 aliphatic carbocycles. The highest BCUT2D eigenvalue weighted by atomic mass is 16.5. The van der Waals surface area contributed by atoms with Crippen molar-refractivity contribution in [2.45, 2.75) is 13.0 Å². The van der Waals surface area contributed by atoms with Gasteiger partial charge in [0.25, 0.3) is 5.91 Å². The van der Waals surface area contributed by atoms with Crippen molar-refractivity contribution in [3.63, 3.8) is 0 Å². The van der Waals surface area contributed by atoms with Crippen LogP contribution in [0, 0.1) is 0 Å². The fourth-order valence-electron chi connectivity index (χ4n) is 2.18. The zero-order valence-corrected chi connectivity index (χ0v) is 15.0. The molecule has 7 nitrogen and oxygen atoms in total. The van der Waals surface area contributed by atoms with E-state index in [0.29, 0.717) is 24.7 Å². The lowest BCUT2D eigenvalue weighted by Gasteiger charge is -2.10. The van der Waals surface area contributed by atoms with E-state index in [1.54, 1.807) is 19.4 Å². The van der Waals surface area contributed by atoms with Gasteiger partial charge in [-0.2, -0.15) is 0 Å². The number of aromatic nitrogens is 2. The van der Waals surface area contributed by atoms with E-state index in [1.165, 1.54) is 0 Å². The Labute approximate surface area is 148 Å². The molecule has 0 spiro atoms. The quantitative estimate of drug-likeness (QED) is 0.676. The smallest absolute Gasteiger partial charge is 0.270 e. The maximum atomic E-state index is 12.1. The summed E-state index contributed by atoms with van der Waals surface area (Å²) in [5.74, 6) is 1.05. The van der Waals surface area contributed by atoms with Gasteiger partial charge in [-0.3, -0.25) is 4.79 Å². The number of anilines is 1. The standard InChI is InChI=1S/C18H25N5O2/c1-23(2)12-4-10-19-17(24)16-9-11-20-18(22-16)21-13-14-5-7-15(25-3)8-6-14/h5-9,11H,4,10,12-13H2,1-3H3,(H,19,24)(H,20,21,22). The molecule has 0 radical (unpaired) electrons. The predicted molar refractivity (Wildman–Crippen MR) is 97.9 cm³/mol. The zero-order chi connectivity index (χ0) is 18.1. The molecule has 25 heavy (non-hydrogen) atoms. The Balaban J connectivity index is 1.86. The fourth-order valence-corrected chi connectivity index (χ4v) is 2.18. The second-order valence-corrected chi connectivity index (χ2v) is 5.88. The lowest BCUT2D eigenvalue weighted by molar-refractivity contribution is 0.0947. The molecule has 0 saturated carbocycles. The highest BCUT2D eigenvalue weighted by Crippen LogP contribution is 2.12. The molecule has 0 unspecified atom stereocenters. The molecule has 0 aliphatic rings. The van der Waals surface area contributed by atoms with Gasteiger partial charge in [0.1, 0.15) is 11.4 Å². The summed E-state index contributed by atoms with van der Waals surface area (Å²) < 4.78 is 5.14. The predicted octanol–water partition coefficient (Wildman–Crippen LogP) is 1.78. The summed E-state index contributed by atoms with van der Waals surface area (Å²) in [5, 5.41) is 6.00. The molecule has 1 aromatic heterocycles. The summed E-state index contributed by atoms with van der Waals surface area (Å²) >= 11 is 0. The van der Waals surface area contributed by atoms with E-state index in [1.807, 2.05) is 38.4 Å². The van der Waals surface area contributed by atoms with E-state index >= 15 is 0 Å².